The van der Waals surface area contributed by atoms with Crippen LogP contribution >= 0.6 is 11.8 Å². The van der Waals surface area contributed by atoms with E-state index in [4.69, 9.17) is 4.74 Å². The van der Waals surface area contributed by atoms with E-state index in [-0.39, 0.29) is 12.5 Å². The average molecular weight is 355 g/mol. The SMILES string of the molecule is Cc1ccc(C(=O)OCC(=O)N2CC[C@H](C)Sc3ccccc32)cc1. The highest BCUT2D eigenvalue weighted by Crippen LogP contribution is 2.37. The summed E-state index contributed by atoms with van der Waals surface area (Å²) in [5.74, 6) is -0.665. The van der Waals surface area contributed by atoms with Crippen molar-refractivity contribution in [1.29, 1.82) is 0 Å². The second-order valence-electron chi connectivity index (χ2n) is 6.17. The molecule has 1 amide bonds. The number of carbonyl (C=O) groups excluding carboxylic acids is 2. The minimum absolute atomic E-state index is 0.192. The molecule has 25 heavy (non-hydrogen) atoms. The lowest BCUT2D eigenvalue weighted by Crippen LogP contribution is -2.35. The molecule has 1 aliphatic heterocycles. The molecule has 0 aliphatic carbocycles. The lowest BCUT2D eigenvalue weighted by Gasteiger charge is -2.22. The molecule has 4 nitrogen and oxygen atoms in total. The number of ether oxygens (including phenoxy) is 1. The molecule has 0 saturated heterocycles. The van der Waals surface area contributed by atoms with Crippen molar-refractivity contribution in [2.24, 2.45) is 0 Å². The van der Waals surface area contributed by atoms with E-state index in [1.165, 1.54) is 0 Å². The maximum absolute atomic E-state index is 12.6. The summed E-state index contributed by atoms with van der Waals surface area (Å²) in [7, 11) is 0. The molecule has 5 heteroatoms. The molecule has 3 rings (SSSR count). The Labute approximate surface area is 152 Å². The van der Waals surface area contributed by atoms with Gasteiger partial charge in [-0.15, -0.1) is 11.8 Å². The van der Waals surface area contributed by atoms with Gasteiger partial charge in [0.2, 0.25) is 0 Å². The molecular weight excluding hydrogens is 334 g/mol. The van der Waals surface area contributed by atoms with Gasteiger partial charge in [-0.2, -0.15) is 0 Å². The first-order valence-corrected chi connectivity index (χ1v) is 9.22. The molecule has 0 bridgehead atoms. The molecule has 2 aromatic carbocycles. The standard InChI is InChI=1S/C20H21NO3S/c1-14-7-9-16(10-8-14)20(23)24-13-19(22)21-12-11-15(2)25-18-6-4-3-5-17(18)21/h3-10,15H,11-13H2,1-2H3/t15-/m0/s1. The monoisotopic (exact) mass is 355 g/mol. The molecule has 0 N–H and O–H groups in total. The molecule has 0 saturated carbocycles. The number of anilines is 1. The Bertz CT molecular complexity index is 773. The summed E-state index contributed by atoms with van der Waals surface area (Å²) in [6.45, 7) is 4.49. The van der Waals surface area contributed by atoms with Crippen molar-refractivity contribution in [3.8, 4) is 0 Å². The van der Waals surface area contributed by atoms with E-state index in [0.717, 1.165) is 22.6 Å². The van der Waals surface area contributed by atoms with Crippen LogP contribution in [0.4, 0.5) is 5.69 Å². The van der Waals surface area contributed by atoms with Crippen LogP contribution < -0.4 is 4.90 Å². The molecule has 1 aliphatic rings. The molecular formula is C20H21NO3S. The number of rotatable bonds is 3. The number of carbonyl (C=O) groups is 2. The molecule has 0 spiro atoms. The first kappa shape index (κ1) is 17.5. The Balaban J connectivity index is 1.68. The van der Waals surface area contributed by atoms with Crippen LogP contribution in [-0.2, 0) is 9.53 Å². The van der Waals surface area contributed by atoms with Gasteiger partial charge in [0, 0.05) is 16.7 Å². The van der Waals surface area contributed by atoms with Crippen LogP contribution in [0.2, 0.25) is 0 Å². The molecule has 130 valence electrons. The van der Waals surface area contributed by atoms with Crippen molar-refractivity contribution in [2.75, 3.05) is 18.1 Å². The predicted octanol–water partition coefficient (Wildman–Crippen LogP) is 4.07. The third kappa shape index (κ3) is 4.23. The highest BCUT2D eigenvalue weighted by Gasteiger charge is 2.24. The second-order valence-corrected chi connectivity index (χ2v) is 7.65. The molecule has 0 unspecified atom stereocenters. The third-order valence-corrected chi connectivity index (χ3v) is 5.40. The van der Waals surface area contributed by atoms with Crippen molar-refractivity contribution in [3.63, 3.8) is 0 Å². The normalized spacial score (nSPS) is 16.7. The van der Waals surface area contributed by atoms with Gasteiger partial charge in [-0.05, 0) is 37.6 Å². The fraction of sp³-hybridized carbons (Fsp3) is 0.300. The van der Waals surface area contributed by atoms with E-state index in [1.807, 2.05) is 43.3 Å². The van der Waals surface area contributed by atoms with Crippen molar-refractivity contribution in [1.82, 2.24) is 0 Å². The summed E-state index contributed by atoms with van der Waals surface area (Å²) in [6.07, 6.45) is 0.900. The summed E-state index contributed by atoms with van der Waals surface area (Å²) in [5.41, 5.74) is 2.42. The number of benzene rings is 2. The Morgan fingerprint density at radius 3 is 2.64 bits per heavy atom. The second kappa shape index (κ2) is 7.74. The van der Waals surface area contributed by atoms with E-state index >= 15 is 0 Å². The summed E-state index contributed by atoms with van der Waals surface area (Å²) >= 11 is 1.77. The van der Waals surface area contributed by atoms with Crippen LogP contribution in [0.5, 0.6) is 0 Å². The zero-order valence-corrected chi connectivity index (χ0v) is 15.2. The van der Waals surface area contributed by atoms with E-state index in [2.05, 4.69) is 6.92 Å². The predicted molar refractivity (Wildman–Crippen MR) is 100 cm³/mol. The smallest absolute Gasteiger partial charge is 0.338 e. The number of para-hydroxylation sites is 1. The summed E-state index contributed by atoms with van der Waals surface area (Å²) < 4.78 is 5.23. The number of aryl methyl sites for hydroxylation is 1. The van der Waals surface area contributed by atoms with E-state index in [0.29, 0.717) is 17.4 Å². The lowest BCUT2D eigenvalue weighted by molar-refractivity contribution is -0.121. The maximum Gasteiger partial charge on any atom is 0.338 e. The zero-order valence-electron chi connectivity index (χ0n) is 14.4. The van der Waals surface area contributed by atoms with Gasteiger partial charge in [-0.25, -0.2) is 4.79 Å². The average Bonchev–Trinajstić information content (AvgIpc) is 2.78. The Morgan fingerprint density at radius 2 is 1.88 bits per heavy atom. The minimum Gasteiger partial charge on any atom is -0.452 e. The van der Waals surface area contributed by atoms with Gasteiger partial charge in [-0.1, -0.05) is 36.8 Å². The quantitative estimate of drug-likeness (QED) is 0.779. The number of hydrogen-bond donors (Lipinski definition) is 0. The number of amides is 1. The first-order valence-electron chi connectivity index (χ1n) is 8.34. The van der Waals surface area contributed by atoms with E-state index in [9.17, 15) is 9.59 Å². The minimum atomic E-state index is -0.473. The van der Waals surface area contributed by atoms with E-state index in [1.54, 1.807) is 28.8 Å². The Kier molecular flexibility index (Phi) is 5.43. The van der Waals surface area contributed by atoms with Gasteiger partial charge >= 0.3 is 5.97 Å². The van der Waals surface area contributed by atoms with Crippen molar-refractivity contribution in [2.45, 2.75) is 30.4 Å². The van der Waals surface area contributed by atoms with E-state index < -0.39 is 5.97 Å². The van der Waals surface area contributed by atoms with Crippen LogP contribution in [-0.4, -0.2) is 30.3 Å². The third-order valence-electron chi connectivity index (χ3n) is 4.16. The number of thioether (sulfide) groups is 1. The molecule has 1 atom stereocenters. The number of fused-ring (bicyclic) bond motifs is 1. The highest BCUT2D eigenvalue weighted by molar-refractivity contribution is 8.00. The fourth-order valence-corrected chi connectivity index (χ4v) is 3.84. The van der Waals surface area contributed by atoms with Gasteiger partial charge in [-0.3, -0.25) is 4.79 Å². The number of esters is 1. The van der Waals surface area contributed by atoms with Crippen LogP contribution in [0.25, 0.3) is 0 Å². The van der Waals surface area contributed by atoms with Crippen molar-refractivity contribution >= 4 is 29.3 Å². The first-order chi connectivity index (χ1) is 12.0. The molecule has 0 radical (unpaired) electrons. The fourth-order valence-electron chi connectivity index (χ4n) is 2.72. The largest absolute Gasteiger partial charge is 0.452 e. The van der Waals surface area contributed by atoms with Gasteiger partial charge in [0.25, 0.3) is 5.91 Å². The van der Waals surface area contributed by atoms with Gasteiger partial charge in [0.15, 0.2) is 6.61 Å². The molecule has 2 aromatic rings. The number of hydrogen-bond acceptors (Lipinski definition) is 4. The van der Waals surface area contributed by atoms with Gasteiger partial charge < -0.3 is 9.64 Å². The van der Waals surface area contributed by atoms with Crippen LogP contribution in [0.1, 0.15) is 29.3 Å². The van der Waals surface area contributed by atoms with Gasteiger partial charge in [0.1, 0.15) is 0 Å². The maximum atomic E-state index is 12.6. The summed E-state index contributed by atoms with van der Waals surface area (Å²) in [4.78, 5) is 27.6. The van der Waals surface area contributed by atoms with Gasteiger partial charge in [0.05, 0.1) is 11.3 Å². The zero-order chi connectivity index (χ0) is 17.8. The lowest BCUT2D eigenvalue weighted by atomic mass is 10.1. The molecule has 0 aromatic heterocycles. The Hall–Kier alpha value is -2.27. The number of nitrogens with zero attached hydrogens (tertiary/aromatic N) is 1. The highest BCUT2D eigenvalue weighted by atomic mass is 32.2. The van der Waals surface area contributed by atoms with Crippen molar-refractivity contribution < 1.29 is 14.3 Å². The summed E-state index contributed by atoms with van der Waals surface area (Å²) in [6, 6.07) is 15.0. The van der Waals surface area contributed by atoms with Crippen LogP contribution in [0, 0.1) is 6.92 Å². The topological polar surface area (TPSA) is 46.6 Å². The molecule has 1 heterocycles. The molecule has 0 fully saturated rings. The van der Waals surface area contributed by atoms with Crippen molar-refractivity contribution in [3.05, 3.63) is 59.7 Å². The Morgan fingerprint density at radius 1 is 1.16 bits per heavy atom. The van der Waals surface area contributed by atoms with Crippen LogP contribution in [0.3, 0.4) is 0 Å². The van der Waals surface area contributed by atoms with Crippen LogP contribution in [0.15, 0.2) is 53.4 Å². The summed E-state index contributed by atoms with van der Waals surface area (Å²) in [5, 5.41) is 0.439.